The smallest absolute Gasteiger partial charge is 0.359 e. The number of benzene rings is 1. The molecule has 0 aliphatic rings. The van der Waals surface area contributed by atoms with Gasteiger partial charge in [-0.15, -0.1) is 0 Å². The number of carbonyl (C=O) groups is 1. The SMILES string of the molecule is CCC(N(C)C(=O)C(C)OCC(F)(F)F)[Si](C)(C)c1ccccc1. The normalized spacial score (nSPS) is 15.0. The molecule has 3 nitrogen and oxygen atoms in total. The molecule has 2 atom stereocenters. The Labute approximate surface area is 142 Å². The average molecular weight is 361 g/mol. The van der Waals surface area contributed by atoms with E-state index >= 15 is 0 Å². The van der Waals surface area contributed by atoms with E-state index < -0.39 is 32.9 Å². The van der Waals surface area contributed by atoms with Gasteiger partial charge in [0.25, 0.3) is 5.91 Å². The molecular weight excluding hydrogens is 335 g/mol. The summed E-state index contributed by atoms with van der Waals surface area (Å²) in [6.45, 7) is 6.29. The first-order valence-electron chi connectivity index (χ1n) is 8.01. The molecule has 1 aromatic rings. The van der Waals surface area contributed by atoms with Crippen molar-refractivity contribution < 1.29 is 22.7 Å². The first-order valence-corrected chi connectivity index (χ1v) is 11.1. The van der Waals surface area contributed by atoms with Crippen molar-refractivity contribution in [3.63, 3.8) is 0 Å². The van der Waals surface area contributed by atoms with Gasteiger partial charge in [0, 0.05) is 12.7 Å². The Morgan fingerprint density at radius 2 is 1.79 bits per heavy atom. The second-order valence-electron chi connectivity index (χ2n) is 6.53. The minimum atomic E-state index is -4.44. The Morgan fingerprint density at radius 1 is 1.25 bits per heavy atom. The number of halogens is 3. The number of alkyl halides is 3. The molecule has 1 rings (SSSR count). The van der Waals surface area contributed by atoms with Crippen LogP contribution in [-0.4, -0.2) is 50.5 Å². The lowest BCUT2D eigenvalue weighted by Crippen LogP contribution is -2.61. The third kappa shape index (κ3) is 5.34. The number of likely N-dealkylation sites (N-methyl/N-ethyl adjacent to an activating group) is 1. The maximum absolute atomic E-state index is 12.5. The second-order valence-corrected chi connectivity index (χ2v) is 11.2. The van der Waals surface area contributed by atoms with Crippen molar-refractivity contribution in [2.24, 2.45) is 0 Å². The van der Waals surface area contributed by atoms with Crippen LogP contribution < -0.4 is 5.19 Å². The van der Waals surface area contributed by atoms with E-state index in [-0.39, 0.29) is 5.67 Å². The van der Waals surface area contributed by atoms with Crippen LogP contribution in [-0.2, 0) is 9.53 Å². The van der Waals surface area contributed by atoms with Gasteiger partial charge in [-0.25, -0.2) is 0 Å². The van der Waals surface area contributed by atoms with Gasteiger partial charge >= 0.3 is 6.18 Å². The van der Waals surface area contributed by atoms with Crippen molar-refractivity contribution in [3.05, 3.63) is 30.3 Å². The summed E-state index contributed by atoms with van der Waals surface area (Å²) in [5.41, 5.74) is -0.0238. The molecular formula is C17H26F3NO2Si. The highest BCUT2D eigenvalue weighted by molar-refractivity contribution is 6.91. The van der Waals surface area contributed by atoms with E-state index in [1.807, 2.05) is 25.1 Å². The Balaban J connectivity index is 2.89. The van der Waals surface area contributed by atoms with Crippen LogP contribution in [0.4, 0.5) is 13.2 Å². The van der Waals surface area contributed by atoms with E-state index in [1.165, 1.54) is 12.1 Å². The summed E-state index contributed by atoms with van der Waals surface area (Å²) in [4.78, 5) is 14.1. The number of ether oxygens (including phenoxy) is 1. The average Bonchev–Trinajstić information content (AvgIpc) is 2.52. The van der Waals surface area contributed by atoms with E-state index in [0.717, 1.165) is 6.42 Å². The molecule has 1 aromatic carbocycles. The summed E-state index contributed by atoms with van der Waals surface area (Å²) < 4.78 is 41.5. The van der Waals surface area contributed by atoms with Crippen molar-refractivity contribution >= 4 is 19.2 Å². The Kier molecular flexibility index (Phi) is 7.04. The van der Waals surface area contributed by atoms with E-state index in [2.05, 4.69) is 25.2 Å². The van der Waals surface area contributed by atoms with Crippen molar-refractivity contribution in [2.75, 3.05) is 13.7 Å². The van der Waals surface area contributed by atoms with E-state index in [0.29, 0.717) is 0 Å². The number of nitrogens with zero attached hydrogens (tertiary/aromatic N) is 1. The van der Waals surface area contributed by atoms with Gasteiger partial charge in [0.1, 0.15) is 20.8 Å². The highest BCUT2D eigenvalue weighted by Crippen LogP contribution is 2.20. The fourth-order valence-electron chi connectivity index (χ4n) is 3.06. The molecule has 0 bridgehead atoms. The summed E-state index contributed by atoms with van der Waals surface area (Å²) in [6, 6.07) is 9.98. The van der Waals surface area contributed by atoms with Gasteiger partial charge in [0.15, 0.2) is 0 Å². The van der Waals surface area contributed by atoms with Crippen LogP contribution in [0.1, 0.15) is 20.3 Å². The zero-order valence-corrected chi connectivity index (χ0v) is 15.9. The number of rotatable bonds is 7. The van der Waals surface area contributed by atoms with Crippen molar-refractivity contribution in [3.8, 4) is 0 Å². The standard InChI is InChI=1S/C17H26F3NO2Si/c1-6-15(24(4,5)14-10-8-7-9-11-14)21(3)16(22)13(2)23-12-17(18,19)20/h7-11,13,15H,6,12H2,1-5H3. The van der Waals surface area contributed by atoms with Gasteiger partial charge in [-0.3, -0.25) is 4.79 Å². The zero-order chi connectivity index (χ0) is 18.5. The molecule has 0 saturated carbocycles. The van der Waals surface area contributed by atoms with Crippen LogP contribution >= 0.6 is 0 Å². The van der Waals surface area contributed by atoms with Crippen molar-refractivity contribution in [2.45, 2.75) is 51.3 Å². The number of amides is 1. The molecule has 0 fully saturated rings. The fraction of sp³-hybridized carbons (Fsp3) is 0.588. The van der Waals surface area contributed by atoms with E-state index in [9.17, 15) is 18.0 Å². The molecule has 0 heterocycles. The lowest BCUT2D eigenvalue weighted by molar-refractivity contribution is -0.188. The Hall–Kier alpha value is -1.34. The van der Waals surface area contributed by atoms with Gasteiger partial charge in [-0.05, 0) is 13.3 Å². The van der Waals surface area contributed by atoms with Gasteiger partial charge in [0.05, 0.1) is 0 Å². The number of hydrogen-bond donors (Lipinski definition) is 0. The summed E-state index contributed by atoms with van der Waals surface area (Å²) in [5, 5.41) is 1.21. The fourth-order valence-corrected chi connectivity index (χ4v) is 6.61. The first-order chi connectivity index (χ1) is 11.0. The Morgan fingerprint density at radius 3 is 2.25 bits per heavy atom. The second kappa shape index (κ2) is 8.16. The van der Waals surface area contributed by atoms with Crippen LogP contribution in [0.5, 0.6) is 0 Å². The van der Waals surface area contributed by atoms with Gasteiger partial charge < -0.3 is 9.64 Å². The van der Waals surface area contributed by atoms with Crippen LogP contribution in [0.2, 0.25) is 13.1 Å². The molecule has 0 saturated heterocycles. The van der Waals surface area contributed by atoms with Crippen molar-refractivity contribution in [1.29, 1.82) is 0 Å². The lowest BCUT2D eigenvalue weighted by atomic mass is 10.3. The monoisotopic (exact) mass is 361 g/mol. The van der Waals surface area contributed by atoms with E-state index in [4.69, 9.17) is 4.74 Å². The summed E-state index contributed by atoms with van der Waals surface area (Å²) >= 11 is 0. The van der Waals surface area contributed by atoms with Gasteiger partial charge in [-0.1, -0.05) is 55.5 Å². The molecule has 136 valence electrons. The molecule has 7 heteroatoms. The molecule has 2 unspecified atom stereocenters. The molecule has 24 heavy (non-hydrogen) atoms. The highest BCUT2D eigenvalue weighted by atomic mass is 28.3. The summed E-state index contributed by atoms with van der Waals surface area (Å²) in [5.74, 6) is -0.414. The maximum Gasteiger partial charge on any atom is 0.411 e. The first kappa shape index (κ1) is 20.7. The summed E-state index contributed by atoms with van der Waals surface area (Å²) in [6.07, 6.45) is -4.82. The molecule has 0 spiro atoms. The predicted octanol–water partition coefficient (Wildman–Crippen LogP) is 3.35. The van der Waals surface area contributed by atoms with Crippen LogP contribution in [0.3, 0.4) is 0 Å². The molecule has 0 N–H and O–H groups in total. The van der Waals surface area contributed by atoms with Crippen LogP contribution in [0, 0.1) is 0 Å². The molecule has 0 aromatic heterocycles. The highest BCUT2D eigenvalue weighted by Gasteiger charge is 2.39. The topological polar surface area (TPSA) is 29.5 Å². The van der Waals surface area contributed by atoms with Crippen LogP contribution in [0.25, 0.3) is 0 Å². The maximum atomic E-state index is 12.5. The number of carbonyl (C=O) groups excluding carboxylic acids is 1. The zero-order valence-electron chi connectivity index (χ0n) is 14.9. The minimum Gasteiger partial charge on any atom is -0.359 e. The molecule has 0 radical (unpaired) electrons. The van der Waals surface area contributed by atoms with Crippen molar-refractivity contribution in [1.82, 2.24) is 4.90 Å². The molecule has 0 aliphatic heterocycles. The van der Waals surface area contributed by atoms with E-state index in [1.54, 1.807) is 11.9 Å². The lowest BCUT2D eigenvalue weighted by Gasteiger charge is -2.40. The molecule has 1 amide bonds. The Bertz CT molecular complexity index is 534. The summed E-state index contributed by atoms with van der Waals surface area (Å²) in [7, 11) is -0.358. The third-order valence-electron chi connectivity index (χ3n) is 4.40. The van der Waals surface area contributed by atoms with Crippen LogP contribution in [0.15, 0.2) is 30.3 Å². The minimum absolute atomic E-state index is 0.0238. The predicted molar refractivity (Wildman–Crippen MR) is 91.9 cm³/mol. The third-order valence-corrected chi connectivity index (χ3v) is 8.68. The molecule has 0 aliphatic carbocycles. The quantitative estimate of drug-likeness (QED) is 0.697. The van der Waals surface area contributed by atoms with Gasteiger partial charge in [0.2, 0.25) is 0 Å². The largest absolute Gasteiger partial charge is 0.411 e. The number of hydrogen-bond acceptors (Lipinski definition) is 2. The van der Waals surface area contributed by atoms with Gasteiger partial charge in [-0.2, -0.15) is 13.2 Å².